The second-order valence-electron chi connectivity index (χ2n) is 16.5. The molecule has 3 N–H and O–H groups in total. The number of carbonyl (C=O) groups excluding carboxylic acids is 1. The van der Waals surface area contributed by atoms with Crippen molar-refractivity contribution in [3.63, 3.8) is 0 Å². The minimum absolute atomic E-state index is 0.0662. The van der Waals surface area contributed by atoms with Crippen LogP contribution < -0.4 is 5.32 Å². The Hall–Kier alpha value is -0.870. The molecule has 4 nitrogen and oxygen atoms in total. The van der Waals surface area contributed by atoms with Crippen LogP contribution in [-0.2, 0) is 4.79 Å². The van der Waals surface area contributed by atoms with E-state index in [-0.39, 0.29) is 12.5 Å². The van der Waals surface area contributed by atoms with Gasteiger partial charge in [0.05, 0.1) is 18.8 Å². The predicted molar refractivity (Wildman–Crippen MR) is 230 cm³/mol. The zero-order valence-electron chi connectivity index (χ0n) is 35.6. The number of allylic oxidation sites excluding steroid dienone is 1. The number of carbonyl (C=O) groups is 1. The summed E-state index contributed by atoms with van der Waals surface area (Å²) in [5.41, 5.74) is 0. The van der Waals surface area contributed by atoms with E-state index in [1.807, 2.05) is 6.08 Å². The highest BCUT2D eigenvalue weighted by molar-refractivity contribution is 5.76. The fraction of sp³-hybridized carbons (Fsp3) is 0.938. The Balaban J connectivity index is 3.27. The Kier molecular flexibility index (Phi) is 43.8. The highest BCUT2D eigenvalue weighted by Crippen LogP contribution is 2.17. The van der Waals surface area contributed by atoms with Crippen LogP contribution in [0.1, 0.15) is 271 Å². The van der Waals surface area contributed by atoms with Crippen molar-refractivity contribution in [2.75, 3.05) is 6.61 Å². The first-order valence-corrected chi connectivity index (χ1v) is 23.9. The molecular formula is C48H95NO3. The Morgan fingerprint density at radius 2 is 0.712 bits per heavy atom. The van der Waals surface area contributed by atoms with Crippen LogP contribution in [-0.4, -0.2) is 34.9 Å². The molecule has 52 heavy (non-hydrogen) atoms. The summed E-state index contributed by atoms with van der Waals surface area (Å²) in [7, 11) is 0. The molecule has 0 heterocycles. The van der Waals surface area contributed by atoms with Crippen LogP contribution in [0, 0.1) is 0 Å². The van der Waals surface area contributed by atoms with Crippen molar-refractivity contribution in [1.29, 1.82) is 0 Å². The van der Waals surface area contributed by atoms with Crippen molar-refractivity contribution in [1.82, 2.24) is 5.32 Å². The van der Waals surface area contributed by atoms with Crippen molar-refractivity contribution in [2.45, 2.75) is 283 Å². The second kappa shape index (κ2) is 44.5. The van der Waals surface area contributed by atoms with Gasteiger partial charge in [0, 0.05) is 6.42 Å². The standard InChI is InChI=1S/C48H95NO3/c1-3-5-7-9-10-11-12-13-14-15-16-17-18-19-20-21-22-23-24-25-26-27-28-29-30-31-32-33-34-35-36-37-38-40-42-44-48(52)49-46(45-50)47(51)43-41-39-8-6-4-2/h41,43,46-47,50-51H,3-40,42,44-45H2,1-2H3,(H,49,52)/b43-41+. The molecule has 0 aliphatic carbocycles. The topological polar surface area (TPSA) is 69.6 Å². The average Bonchev–Trinajstić information content (AvgIpc) is 3.15. The average molecular weight is 734 g/mol. The first-order chi connectivity index (χ1) is 25.7. The minimum atomic E-state index is -0.830. The zero-order valence-corrected chi connectivity index (χ0v) is 35.6. The maximum Gasteiger partial charge on any atom is 0.220 e. The van der Waals surface area contributed by atoms with Gasteiger partial charge in [-0.25, -0.2) is 0 Å². The van der Waals surface area contributed by atoms with E-state index < -0.39 is 12.1 Å². The fourth-order valence-corrected chi connectivity index (χ4v) is 7.59. The quantitative estimate of drug-likeness (QED) is 0.0431. The SMILES string of the molecule is CCCCC/C=C/C(O)C(CO)NC(=O)CCCCCCCCCCCCCCCCCCCCCCCCCCCCCCCCCCCCC. The van der Waals surface area contributed by atoms with Crippen molar-refractivity contribution in [3.05, 3.63) is 12.2 Å². The Morgan fingerprint density at radius 3 is 1.00 bits per heavy atom. The molecule has 4 heteroatoms. The first-order valence-electron chi connectivity index (χ1n) is 23.9. The molecule has 0 aromatic rings. The third-order valence-electron chi connectivity index (χ3n) is 11.3. The summed E-state index contributed by atoms with van der Waals surface area (Å²) in [5, 5.41) is 22.6. The van der Waals surface area contributed by atoms with E-state index >= 15 is 0 Å². The van der Waals surface area contributed by atoms with Gasteiger partial charge in [-0.3, -0.25) is 4.79 Å². The number of amides is 1. The summed E-state index contributed by atoms with van der Waals surface area (Å²) in [4.78, 5) is 12.3. The van der Waals surface area contributed by atoms with Gasteiger partial charge in [-0.1, -0.05) is 257 Å². The number of unbranched alkanes of at least 4 members (excludes halogenated alkanes) is 37. The highest BCUT2D eigenvalue weighted by atomic mass is 16.3. The van der Waals surface area contributed by atoms with E-state index in [4.69, 9.17) is 0 Å². The molecule has 0 fully saturated rings. The molecule has 0 saturated carbocycles. The molecule has 0 aliphatic heterocycles. The number of rotatable bonds is 44. The van der Waals surface area contributed by atoms with E-state index in [1.54, 1.807) is 6.08 Å². The van der Waals surface area contributed by atoms with Crippen LogP contribution in [0.3, 0.4) is 0 Å². The number of hydrogen-bond donors (Lipinski definition) is 3. The number of nitrogens with one attached hydrogen (secondary N) is 1. The van der Waals surface area contributed by atoms with Crippen LogP contribution >= 0.6 is 0 Å². The van der Waals surface area contributed by atoms with Gasteiger partial charge in [-0.2, -0.15) is 0 Å². The molecule has 0 bridgehead atoms. The second-order valence-corrected chi connectivity index (χ2v) is 16.5. The molecule has 0 spiro atoms. The third-order valence-corrected chi connectivity index (χ3v) is 11.3. The van der Waals surface area contributed by atoms with Crippen molar-refractivity contribution in [3.8, 4) is 0 Å². The first kappa shape index (κ1) is 51.1. The lowest BCUT2D eigenvalue weighted by molar-refractivity contribution is -0.123. The highest BCUT2D eigenvalue weighted by Gasteiger charge is 2.17. The lowest BCUT2D eigenvalue weighted by atomic mass is 10.0. The van der Waals surface area contributed by atoms with E-state index in [0.29, 0.717) is 6.42 Å². The third kappa shape index (κ3) is 40.3. The molecule has 0 radical (unpaired) electrons. The van der Waals surface area contributed by atoms with E-state index in [9.17, 15) is 15.0 Å². The Bertz CT molecular complexity index is 710. The molecule has 2 unspecified atom stereocenters. The monoisotopic (exact) mass is 734 g/mol. The van der Waals surface area contributed by atoms with Gasteiger partial charge >= 0.3 is 0 Å². The van der Waals surface area contributed by atoms with Gasteiger partial charge in [0.1, 0.15) is 0 Å². The van der Waals surface area contributed by atoms with Gasteiger partial charge < -0.3 is 15.5 Å². The number of hydrogen-bond acceptors (Lipinski definition) is 3. The number of aliphatic hydroxyl groups excluding tert-OH is 2. The molecule has 0 rings (SSSR count). The van der Waals surface area contributed by atoms with E-state index in [1.165, 1.54) is 225 Å². The van der Waals surface area contributed by atoms with Crippen molar-refractivity contribution < 1.29 is 15.0 Å². The predicted octanol–water partition coefficient (Wildman–Crippen LogP) is 15.0. The van der Waals surface area contributed by atoms with E-state index in [2.05, 4.69) is 19.2 Å². The number of aliphatic hydroxyl groups is 2. The summed E-state index contributed by atoms with van der Waals surface area (Å²) in [5.74, 6) is -0.0662. The molecular weight excluding hydrogens is 639 g/mol. The largest absolute Gasteiger partial charge is 0.394 e. The lowest BCUT2D eigenvalue weighted by Crippen LogP contribution is -2.45. The lowest BCUT2D eigenvalue weighted by Gasteiger charge is -2.20. The van der Waals surface area contributed by atoms with Gasteiger partial charge in [-0.15, -0.1) is 0 Å². The van der Waals surface area contributed by atoms with Crippen LogP contribution in [0.15, 0.2) is 12.2 Å². The van der Waals surface area contributed by atoms with E-state index in [0.717, 1.165) is 25.7 Å². The van der Waals surface area contributed by atoms with Crippen LogP contribution in [0.4, 0.5) is 0 Å². The van der Waals surface area contributed by atoms with Crippen LogP contribution in [0.2, 0.25) is 0 Å². The summed E-state index contributed by atoms with van der Waals surface area (Å²) < 4.78 is 0. The summed E-state index contributed by atoms with van der Waals surface area (Å²) in [6, 6.07) is -0.613. The Morgan fingerprint density at radius 1 is 0.442 bits per heavy atom. The zero-order chi connectivity index (χ0) is 37.8. The smallest absolute Gasteiger partial charge is 0.220 e. The molecule has 0 aliphatic rings. The van der Waals surface area contributed by atoms with Crippen molar-refractivity contribution >= 4 is 5.91 Å². The van der Waals surface area contributed by atoms with Crippen LogP contribution in [0.5, 0.6) is 0 Å². The summed E-state index contributed by atoms with van der Waals surface area (Å²) in [6.07, 6.45) is 56.9. The summed E-state index contributed by atoms with van der Waals surface area (Å²) in [6.45, 7) is 4.23. The molecule has 0 aromatic heterocycles. The normalized spacial score (nSPS) is 12.9. The summed E-state index contributed by atoms with van der Waals surface area (Å²) >= 11 is 0. The maximum absolute atomic E-state index is 12.3. The van der Waals surface area contributed by atoms with Gasteiger partial charge in [-0.05, 0) is 19.3 Å². The Labute approximate surface area is 327 Å². The van der Waals surface area contributed by atoms with Gasteiger partial charge in [0.25, 0.3) is 0 Å². The molecule has 310 valence electrons. The van der Waals surface area contributed by atoms with Crippen molar-refractivity contribution in [2.24, 2.45) is 0 Å². The minimum Gasteiger partial charge on any atom is -0.394 e. The maximum atomic E-state index is 12.3. The van der Waals surface area contributed by atoms with Gasteiger partial charge in [0.2, 0.25) is 5.91 Å². The fourth-order valence-electron chi connectivity index (χ4n) is 7.59. The molecule has 2 atom stereocenters. The molecule has 1 amide bonds. The molecule has 0 aromatic carbocycles. The van der Waals surface area contributed by atoms with Crippen LogP contribution in [0.25, 0.3) is 0 Å². The van der Waals surface area contributed by atoms with Gasteiger partial charge in [0.15, 0.2) is 0 Å². The molecule has 0 saturated heterocycles.